The summed E-state index contributed by atoms with van der Waals surface area (Å²) in [5.74, 6) is 1.89. The van der Waals surface area contributed by atoms with Crippen LogP contribution in [0, 0.1) is 0 Å². The second kappa shape index (κ2) is 10.8. The number of hydrogen-bond acceptors (Lipinski definition) is 2. The van der Waals surface area contributed by atoms with Gasteiger partial charge in [0.15, 0.2) is 5.82 Å². The van der Waals surface area contributed by atoms with E-state index in [0.717, 1.165) is 40.0 Å². The SMILES string of the molecule is c1ccc(-c2ccc(-c3nc(-n4c5ccccc5c5cc6c7c(c54)-c4ccccc4CC7c4c-6ccc5ccccc45)c4ccccc4n3)cc2)cc1. The zero-order valence-corrected chi connectivity index (χ0v) is 28.8. The van der Waals surface area contributed by atoms with Gasteiger partial charge in [-0.3, -0.25) is 4.57 Å². The molecule has 2 aliphatic carbocycles. The minimum atomic E-state index is 0.271. The van der Waals surface area contributed by atoms with E-state index in [-0.39, 0.29) is 5.92 Å². The van der Waals surface area contributed by atoms with Crippen LogP contribution in [0.3, 0.4) is 0 Å². The Hall–Kier alpha value is -6.84. The largest absolute Gasteiger partial charge is 0.293 e. The summed E-state index contributed by atoms with van der Waals surface area (Å²) in [6, 6.07) is 61.6. The first-order valence-electron chi connectivity index (χ1n) is 18.4. The summed E-state index contributed by atoms with van der Waals surface area (Å²) in [7, 11) is 0. The molecule has 2 aromatic heterocycles. The monoisotopic (exact) mass is 673 g/mol. The molecule has 0 bridgehead atoms. The Kier molecular flexibility index (Phi) is 5.89. The molecule has 1 atom stereocenters. The van der Waals surface area contributed by atoms with Crippen LogP contribution in [0.4, 0.5) is 0 Å². The van der Waals surface area contributed by atoms with E-state index in [1.54, 1.807) is 0 Å². The highest BCUT2D eigenvalue weighted by molar-refractivity contribution is 6.19. The van der Waals surface area contributed by atoms with Gasteiger partial charge in [-0.2, -0.15) is 0 Å². The highest BCUT2D eigenvalue weighted by Gasteiger charge is 2.39. The fourth-order valence-corrected chi connectivity index (χ4v) is 9.44. The maximum atomic E-state index is 5.51. The smallest absolute Gasteiger partial charge is 0.162 e. The molecule has 0 fully saturated rings. The first-order chi connectivity index (χ1) is 26.3. The maximum absolute atomic E-state index is 5.51. The van der Waals surface area contributed by atoms with E-state index in [4.69, 9.17) is 9.97 Å². The molecular weight excluding hydrogens is 643 g/mol. The van der Waals surface area contributed by atoms with Crippen molar-refractivity contribution < 1.29 is 0 Å². The Morgan fingerprint density at radius 2 is 1.17 bits per heavy atom. The van der Waals surface area contributed by atoms with E-state index >= 15 is 0 Å². The zero-order valence-electron chi connectivity index (χ0n) is 28.8. The topological polar surface area (TPSA) is 30.7 Å². The lowest BCUT2D eigenvalue weighted by atomic mass is 9.76. The van der Waals surface area contributed by atoms with Crippen molar-refractivity contribution in [1.82, 2.24) is 14.5 Å². The van der Waals surface area contributed by atoms with Crippen LogP contribution >= 0.6 is 0 Å². The molecule has 0 N–H and O–H groups in total. The minimum absolute atomic E-state index is 0.271. The minimum Gasteiger partial charge on any atom is -0.293 e. The normalized spacial score (nSPS) is 14.2. The van der Waals surface area contributed by atoms with Gasteiger partial charge in [0, 0.05) is 33.2 Å². The van der Waals surface area contributed by atoms with Crippen molar-refractivity contribution in [3.63, 3.8) is 0 Å². The molecule has 1 unspecified atom stereocenters. The lowest BCUT2D eigenvalue weighted by molar-refractivity contribution is 0.822. The molecule has 10 aromatic rings. The summed E-state index contributed by atoms with van der Waals surface area (Å²) in [5, 5.41) is 6.17. The first-order valence-corrected chi connectivity index (χ1v) is 18.4. The quantitative estimate of drug-likeness (QED) is 0.187. The van der Waals surface area contributed by atoms with Crippen LogP contribution in [0.5, 0.6) is 0 Å². The number of rotatable bonds is 3. The number of para-hydroxylation sites is 2. The van der Waals surface area contributed by atoms with E-state index in [1.165, 1.54) is 77.1 Å². The van der Waals surface area contributed by atoms with Gasteiger partial charge in [0.05, 0.1) is 16.6 Å². The second-order valence-corrected chi connectivity index (χ2v) is 14.5. The van der Waals surface area contributed by atoms with Crippen LogP contribution in [0.25, 0.3) is 94.1 Å². The zero-order chi connectivity index (χ0) is 34.6. The van der Waals surface area contributed by atoms with E-state index in [0.29, 0.717) is 0 Å². The molecule has 2 aliphatic rings. The van der Waals surface area contributed by atoms with Crippen LogP contribution in [0.15, 0.2) is 170 Å². The molecule has 53 heavy (non-hydrogen) atoms. The third kappa shape index (κ3) is 4.05. The number of aromatic nitrogens is 3. The third-order valence-corrected chi connectivity index (χ3v) is 11.7. The van der Waals surface area contributed by atoms with Crippen LogP contribution in [-0.4, -0.2) is 14.5 Å². The number of hydrogen-bond donors (Lipinski definition) is 0. The van der Waals surface area contributed by atoms with Crippen molar-refractivity contribution in [1.29, 1.82) is 0 Å². The highest BCUT2D eigenvalue weighted by Crippen LogP contribution is 2.58. The molecule has 0 saturated carbocycles. The Morgan fingerprint density at radius 1 is 0.472 bits per heavy atom. The molecular formula is C50H31N3. The van der Waals surface area contributed by atoms with Gasteiger partial charge < -0.3 is 0 Å². The molecule has 12 rings (SSSR count). The van der Waals surface area contributed by atoms with E-state index in [2.05, 4.69) is 174 Å². The van der Waals surface area contributed by atoms with Crippen molar-refractivity contribution in [2.75, 3.05) is 0 Å². The lowest BCUT2D eigenvalue weighted by Crippen LogP contribution is -2.12. The second-order valence-electron chi connectivity index (χ2n) is 14.5. The summed E-state index contributed by atoms with van der Waals surface area (Å²) in [6.07, 6.45) is 0.989. The molecule has 8 aromatic carbocycles. The molecule has 0 aliphatic heterocycles. The molecule has 0 saturated heterocycles. The van der Waals surface area contributed by atoms with E-state index in [9.17, 15) is 0 Å². The van der Waals surface area contributed by atoms with Crippen molar-refractivity contribution in [2.24, 2.45) is 0 Å². The summed E-state index contributed by atoms with van der Waals surface area (Å²) >= 11 is 0. The molecule has 0 amide bonds. The fraction of sp³-hybridized carbons (Fsp3) is 0.0400. The van der Waals surface area contributed by atoms with Gasteiger partial charge in [-0.05, 0) is 86.0 Å². The third-order valence-electron chi connectivity index (χ3n) is 11.7. The number of benzene rings is 8. The van der Waals surface area contributed by atoms with Gasteiger partial charge in [-0.15, -0.1) is 0 Å². The standard InChI is InChI=1S/C50H31N3/c1-2-12-30(13-3-1)31-22-24-33(25-23-31)49-51-43-20-10-8-19-39(43)50(52-49)53-44-21-11-9-18-37(44)41-29-40-38-27-26-32-14-4-6-16-35(32)45(38)42-28-34-15-5-7-17-36(34)47(46(40)42)48(41)53/h1-27,29,42H,28H2. The van der Waals surface area contributed by atoms with Crippen LogP contribution in [0.2, 0.25) is 0 Å². The van der Waals surface area contributed by atoms with Gasteiger partial charge in [0.25, 0.3) is 0 Å². The van der Waals surface area contributed by atoms with Crippen molar-refractivity contribution in [2.45, 2.75) is 12.3 Å². The Morgan fingerprint density at radius 3 is 2.06 bits per heavy atom. The molecule has 0 radical (unpaired) electrons. The Balaban J connectivity index is 1.19. The molecule has 2 heterocycles. The molecule has 3 nitrogen and oxygen atoms in total. The molecule has 0 spiro atoms. The molecule has 246 valence electrons. The van der Waals surface area contributed by atoms with Gasteiger partial charge in [0.1, 0.15) is 5.82 Å². The molecule has 3 heteroatoms. The van der Waals surface area contributed by atoms with E-state index < -0.39 is 0 Å². The van der Waals surface area contributed by atoms with Crippen LogP contribution < -0.4 is 0 Å². The van der Waals surface area contributed by atoms with Crippen molar-refractivity contribution >= 4 is 43.5 Å². The van der Waals surface area contributed by atoms with Gasteiger partial charge >= 0.3 is 0 Å². The van der Waals surface area contributed by atoms with Gasteiger partial charge in [-0.25, -0.2) is 9.97 Å². The predicted octanol–water partition coefficient (Wildman–Crippen LogP) is 12.5. The maximum Gasteiger partial charge on any atom is 0.162 e. The average Bonchev–Trinajstić information content (AvgIpc) is 3.73. The fourth-order valence-electron chi connectivity index (χ4n) is 9.44. The number of fused-ring (bicyclic) bond motifs is 12. The summed E-state index contributed by atoms with van der Waals surface area (Å²) in [5.41, 5.74) is 16.3. The van der Waals surface area contributed by atoms with E-state index in [1.807, 2.05) is 0 Å². The summed E-state index contributed by atoms with van der Waals surface area (Å²) in [6.45, 7) is 0. The lowest BCUT2D eigenvalue weighted by Gasteiger charge is -2.27. The summed E-state index contributed by atoms with van der Waals surface area (Å²) < 4.78 is 2.45. The van der Waals surface area contributed by atoms with Crippen LogP contribution in [-0.2, 0) is 6.42 Å². The van der Waals surface area contributed by atoms with Crippen molar-refractivity contribution in [3.05, 3.63) is 187 Å². The number of nitrogens with zero attached hydrogens (tertiary/aromatic N) is 3. The average molecular weight is 674 g/mol. The van der Waals surface area contributed by atoms with Gasteiger partial charge in [0.2, 0.25) is 0 Å². The first kappa shape index (κ1) is 28.8. The predicted molar refractivity (Wildman–Crippen MR) is 219 cm³/mol. The summed E-state index contributed by atoms with van der Waals surface area (Å²) in [4.78, 5) is 10.7. The Labute approximate surface area is 306 Å². The van der Waals surface area contributed by atoms with Crippen LogP contribution in [0.1, 0.15) is 22.6 Å². The van der Waals surface area contributed by atoms with Crippen molar-refractivity contribution in [3.8, 4) is 50.6 Å². The van der Waals surface area contributed by atoms with Gasteiger partial charge in [-0.1, -0.05) is 146 Å². The Bertz CT molecular complexity index is 3140. The highest BCUT2D eigenvalue weighted by atomic mass is 15.1.